The van der Waals surface area contributed by atoms with Crippen LogP contribution in [0.1, 0.15) is 16.8 Å². The summed E-state index contributed by atoms with van der Waals surface area (Å²) in [6, 6.07) is 13.9. The van der Waals surface area contributed by atoms with Gasteiger partial charge in [0.15, 0.2) is 0 Å². The predicted molar refractivity (Wildman–Crippen MR) is 89.6 cm³/mol. The van der Waals surface area contributed by atoms with E-state index >= 15 is 0 Å². The van der Waals surface area contributed by atoms with Gasteiger partial charge in [-0.15, -0.1) is 0 Å². The molecule has 0 aliphatic carbocycles. The van der Waals surface area contributed by atoms with Crippen molar-refractivity contribution in [3.8, 4) is 0 Å². The molecule has 2 heterocycles. The minimum atomic E-state index is -0.0891. The monoisotopic (exact) mass is 311 g/mol. The molecule has 1 aromatic heterocycles. The Hall–Kier alpha value is -2.40. The highest BCUT2D eigenvalue weighted by molar-refractivity contribution is 5.93. The lowest BCUT2D eigenvalue weighted by molar-refractivity contribution is 0.0354. The first-order valence-electron chi connectivity index (χ1n) is 7.93. The molecule has 1 unspecified atom stereocenters. The average molecular weight is 311 g/mol. The molecule has 0 spiro atoms. The Kier molecular flexibility index (Phi) is 5.21. The Bertz CT molecular complexity index is 619. The molecular formula is C18H21N3O2. The Labute approximate surface area is 136 Å². The summed E-state index contributed by atoms with van der Waals surface area (Å²) >= 11 is 0. The van der Waals surface area contributed by atoms with Gasteiger partial charge in [0.1, 0.15) is 0 Å². The number of aromatic nitrogens is 1. The van der Waals surface area contributed by atoms with Crippen molar-refractivity contribution in [2.75, 3.05) is 31.1 Å². The van der Waals surface area contributed by atoms with E-state index in [9.17, 15) is 4.79 Å². The third kappa shape index (κ3) is 4.29. The van der Waals surface area contributed by atoms with E-state index in [1.807, 2.05) is 18.2 Å². The fourth-order valence-electron chi connectivity index (χ4n) is 2.71. The van der Waals surface area contributed by atoms with E-state index in [4.69, 9.17) is 4.74 Å². The highest BCUT2D eigenvalue weighted by Crippen LogP contribution is 2.18. The largest absolute Gasteiger partial charge is 0.374 e. The first-order chi connectivity index (χ1) is 11.3. The number of carbonyl (C=O) groups is 1. The molecule has 1 amide bonds. The van der Waals surface area contributed by atoms with E-state index < -0.39 is 0 Å². The summed E-state index contributed by atoms with van der Waals surface area (Å²) in [5.41, 5.74) is 1.81. The van der Waals surface area contributed by atoms with Crippen molar-refractivity contribution in [2.24, 2.45) is 0 Å². The number of carbonyl (C=O) groups excluding carboxylic acids is 1. The number of nitrogens with one attached hydrogen (secondary N) is 1. The molecule has 1 atom stereocenters. The second-order valence-corrected chi connectivity index (χ2v) is 5.56. The number of para-hydroxylation sites is 1. The van der Waals surface area contributed by atoms with E-state index in [-0.39, 0.29) is 12.0 Å². The van der Waals surface area contributed by atoms with Gasteiger partial charge in [0.05, 0.1) is 18.3 Å². The van der Waals surface area contributed by atoms with Crippen molar-refractivity contribution in [2.45, 2.75) is 12.5 Å². The lowest BCUT2D eigenvalue weighted by Gasteiger charge is -2.34. The molecule has 0 bridgehead atoms. The standard InChI is InChI=1S/C18H21N3O2/c22-18(15-5-4-9-19-13-15)20-10-8-17-14-21(11-12-23-17)16-6-2-1-3-7-16/h1-7,9,13,17H,8,10-12,14H2,(H,20,22). The molecule has 23 heavy (non-hydrogen) atoms. The van der Waals surface area contributed by atoms with E-state index in [2.05, 4.69) is 27.3 Å². The van der Waals surface area contributed by atoms with Gasteiger partial charge < -0.3 is 15.0 Å². The number of pyridine rings is 1. The van der Waals surface area contributed by atoms with Crippen LogP contribution in [-0.4, -0.2) is 43.2 Å². The second kappa shape index (κ2) is 7.74. The summed E-state index contributed by atoms with van der Waals surface area (Å²) in [6.07, 6.45) is 4.17. The summed E-state index contributed by atoms with van der Waals surface area (Å²) in [5, 5.41) is 2.92. The lowest BCUT2D eigenvalue weighted by atomic mass is 10.1. The van der Waals surface area contributed by atoms with Crippen LogP contribution in [0.2, 0.25) is 0 Å². The van der Waals surface area contributed by atoms with Crippen LogP contribution >= 0.6 is 0 Å². The molecule has 1 saturated heterocycles. The van der Waals surface area contributed by atoms with Gasteiger partial charge in [0, 0.05) is 37.7 Å². The van der Waals surface area contributed by atoms with Crippen LogP contribution in [0.25, 0.3) is 0 Å². The van der Waals surface area contributed by atoms with Gasteiger partial charge >= 0.3 is 0 Å². The van der Waals surface area contributed by atoms with Crippen LogP contribution in [0.3, 0.4) is 0 Å². The van der Waals surface area contributed by atoms with Gasteiger partial charge in [-0.25, -0.2) is 0 Å². The molecule has 1 aliphatic heterocycles. The van der Waals surface area contributed by atoms with E-state index in [1.54, 1.807) is 24.5 Å². The number of morpholine rings is 1. The third-order valence-electron chi connectivity index (χ3n) is 3.94. The molecule has 3 rings (SSSR count). The maximum Gasteiger partial charge on any atom is 0.252 e. The van der Waals surface area contributed by atoms with Crippen molar-refractivity contribution in [1.29, 1.82) is 0 Å². The molecule has 5 nitrogen and oxygen atoms in total. The SMILES string of the molecule is O=C(NCCC1CN(c2ccccc2)CCO1)c1cccnc1. The van der Waals surface area contributed by atoms with Gasteiger partial charge in [0.2, 0.25) is 0 Å². The molecule has 120 valence electrons. The van der Waals surface area contributed by atoms with Crippen LogP contribution in [0.5, 0.6) is 0 Å². The average Bonchev–Trinajstić information content (AvgIpc) is 2.63. The third-order valence-corrected chi connectivity index (χ3v) is 3.94. The van der Waals surface area contributed by atoms with Crippen LogP contribution in [0.15, 0.2) is 54.9 Å². The normalized spacial score (nSPS) is 17.7. The Balaban J connectivity index is 1.46. The predicted octanol–water partition coefficient (Wildman–Crippen LogP) is 2.11. The minimum absolute atomic E-state index is 0.0891. The number of ether oxygens (including phenoxy) is 1. The summed E-state index contributed by atoms with van der Waals surface area (Å²) in [5.74, 6) is -0.0891. The second-order valence-electron chi connectivity index (χ2n) is 5.56. The Morgan fingerprint density at radius 1 is 1.26 bits per heavy atom. The van der Waals surface area contributed by atoms with Crippen LogP contribution in [-0.2, 0) is 4.74 Å². The fourth-order valence-corrected chi connectivity index (χ4v) is 2.71. The zero-order valence-corrected chi connectivity index (χ0v) is 13.0. The molecule has 5 heteroatoms. The molecular weight excluding hydrogens is 290 g/mol. The summed E-state index contributed by atoms with van der Waals surface area (Å²) in [7, 11) is 0. The summed E-state index contributed by atoms with van der Waals surface area (Å²) in [6.45, 7) is 3.08. The molecule has 1 fully saturated rings. The molecule has 1 aliphatic rings. The van der Waals surface area contributed by atoms with Crippen LogP contribution < -0.4 is 10.2 Å². The molecule has 1 N–H and O–H groups in total. The molecule has 0 saturated carbocycles. The van der Waals surface area contributed by atoms with Gasteiger partial charge in [-0.1, -0.05) is 18.2 Å². The fraction of sp³-hybridized carbons (Fsp3) is 0.333. The van der Waals surface area contributed by atoms with Crippen molar-refractivity contribution in [3.05, 3.63) is 60.4 Å². The zero-order valence-electron chi connectivity index (χ0n) is 13.0. The molecule has 2 aromatic rings. The van der Waals surface area contributed by atoms with Gasteiger partial charge in [-0.3, -0.25) is 9.78 Å². The van der Waals surface area contributed by atoms with Crippen molar-refractivity contribution < 1.29 is 9.53 Å². The highest BCUT2D eigenvalue weighted by atomic mass is 16.5. The minimum Gasteiger partial charge on any atom is -0.374 e. The van der Waals surface area contributed by atoms with E-state index in [1.165, 1.54) is 5.69 Å². The quantitative estimate of drug-likeness (QED) is 0.919. The molecule has 1 aromatic carbocycles. The summed E-state index contributed by atoms with van der Waals surface area (Å²) < 4.78 is 5.81. The van der Waals surface area contributed by atoms with Gasteiger partial charge in [-0.05, 0) is 30.7 Å². The van der Waals surface area contributed by atoms with E-state index in [0.29, 0.717) is 12.1 Å². The summed E-state index contributed by atoms with van der Waals surface area (Å²) in [4.78, 5) is 18.3. The first-order valence-corrected chi connectivity index (χ1v) is 7.93. The number of hydrogen-bond donors (Lipinski definition) is 1. The maximum absolute atomic E-state index is 12.0. The number of nitrogens with zero attached hydrogens (tertiary/aromatic N) is 2. The number of benzene rings is 1. The highest BCUT2D eigenvalue weighted by Gasteiger charge is 2.20. The number of hydrogen-bond acceptors (Lipinski definition) is 4. The van der Waals surface area contributed by atoms with Gasteiger partial charge in [0.25, 0.3) is 5.91 Å². The lowest BCUT2D eigenvalue weighted by Crippen LogP contribution is -2.43. The first kappa shape index (κ1) is 15.5. The number of rotatable bonds is 5. The van der Waals surface area contributed by atoms with E-state index in [0.717, 1.165) is 26.1 Å². The zero-order chi connectivity index (χ0) is 15.9. The molecule has 0 radical (unpaired) electrons. The topological polar surface area (TPSA) is 54.5 Å². The van der Waals surface area contributed by atoms with Crippen LogP contribution in [0.4, 0.5) is 5.69 Å². The van der Waals surface area contributed by atoms with Crippen molar-refractivity contribution in [1.82, 2.24) is 10.3 Å². The van der Waals surface area contributed by atoms with Crippen molar-refractivity contribution >= 4 is 11.6 Å². The number of anilines is 1. The number of amides is 1. The van der Waals surface area contributed by atoms with Crippen LogP contribution in [0, 0.1) is 0 Å². The van der Waals surface area contributed by atoms with Crippen molar-refractivity contribution in [3.63, 3.8) is 0 Å². The maximum atomic E-state index is 12.0. The Morgan fingerprint density at radius 3 is 2.91 bits per heavy atom. The van der Waals surface area contributed by atoms with Gasteiger partial charge in [-0.2, -0.15) is 0 Å². The Morgan fingerprint density at radius 2 is 2.13 bits per heavy atom. The smallest absolute Gasteiger partial charge is 0.252 e.